The molecule has 4 heteroatoms. The normalized spacial score (nSPS) is 19.6. The summed E-state index contributed by atoms with van der Waals surface area (Å²) in [5.41, 5.74) is 0. The molecular formula is C10H15NO3. The number of nitrogens with zero attached hydrogens (tertiary/aromatic N) is 1. The van der Waals surface area contributed by atoms with Crippen LogP contribution in [0.3, 0.4) is 0 Å². The summed E-state index contributed by atoms with van der Waals surface area (Å²) < 4.78 is 0. The van der Waals surface area contributed by atoms with E-state index in [1.54, 1.807) is 17.2 Å². The van der Waals surface area contributed by atoms with E-state index in [2.05, 4.69) is 13.2 Å². The molecule has 78 valence electrons. The molecular weight excluding hydrogens is 182 g/mol. The SMILES string of the molecule is C=CC1CCN(C=C)C1=O.CC(=O)O. The van der Waals surface area contributed by atoms with Crippen LogP contribution in [0, 0.1) is 5.92 Å². The zero-order valence-electron chi connectivity index (χ0n) is 8.27. The van der Waals surface area contributed by atoms with Crippen LogP contribution in [0.1, 0.15) is 13.3 Å². The summed E-state index contributed by atoms with van der Waals surface area (Å²) in [6.07, 6.45) is 4.16. The van der Waals surface area contributed by atoms with E-state index in [0.29, 0.717) is 0 Å². The fourth-order valence-electron chi connectivity index (χ4n) is 1.12. The molecule has 1 unspecified atom stereocenters. The number of hydrogen-bond acceptors (Lipinski definition) is 2. The molecule has 1 fully saturated rings. The minimum absolute atomic E-state index is 0.0259. The summed E-state index contributed by atoms with van der Waals surface area (Å²) in [7, 11) is 0. The number of amides is 1. The second kappa shape index (κ2) is 5.96. The summed E-state index contributed by atoms with van der Waals surface area (Å²) in [6.45, 7) is 8.99. The van der Waals surface area contributed by atoms with Gasteiger partial charge in [0.2, 0.25) is 5.91 Å². The van der Waals surface area contributed by atoms with Crippen molar-refractivity contribution < 1.29 is 14.7 Å². The lowest BCUT2D eigenvalue weighted by molar-refractivity contribution is -0.134. The third-order valence-electron chi connectivity index (χ3n) is 1.79. The second-order valence-corrected chi connectivity index (χ2v) is 2.86. The first-order valence-electron chi connectivity index (χ1n) is 4.28. The zero-order valence-corrected chi connectivity index (χ0v) is 8.27. The first-order valence-corrected chi connectivity index (χ1v) is 4.28. The maximum Gasteiger partial charge on any atom is 0.300 e. The van der Waals surface area contributed by atoms with Crippen molar-refractivity contribution in [3.63, 3.8) is 0 Å². The summed E-state index contributed by atoms with van der Waals surface area (Å²) >= 11 is 0. The van der Waals surface area contributed by atoms with Gasteiger partial charge < -0.3 is 10.0 Å². The number of carbonyl (C=O) groups excluding carboxylic acids is 1. The zero-order chi connectivity index (χ0) is 11.1. The van der Waals surface area contributed by atoms with Crippen LogP contribution < -0.4 is 0 Å². The maximum absolute atomic E-state index is 11.2. The van der Waals surface area contributed by atoms with E-state index >= 15 is 0 Å². The van der Waals surface area contributed by atoms with Crippen LogP contribution in [0.15, 0.2) is 25.4 Å². The van der Waals surface area contributed by atoms with Gasteiger partial charge in [0.25, 0.3) is 5.97 Å². The van der Waals surface area contributed by atoms with Gasteiger partial charge in [-0.25, -0.2) is 0 Å². The number of aliphatic carboxylic acids is 1. The van der Waals surface area contributed by atoms with Gasteiger partial charge in [-0.1, -0.05) is 12.7 Å². The van der Waals surface area contributed by atoms with Crippen LogP contribution in [-0.2, 0) is 9.59 Å². The summed E-state index contributed by atoms with van der Waals surface area (Å²) in [5, 5.41) is 7.42. The van der Waals surface area contributed by atoms with Gasteiger partial charge in [-0.3, -0.25) is 9.59 Å². The van der Waals surface area contributed by atoms with E-state index in [4.69, 9.17) is 9.90 Å². The van der Waals surface area contributed by atoms with Gasteiger partial charge in [0.1, 0.15) is 0 Å². The maximum atomic E-state index is 11.2. The smallest absolute Gasteiger partial charge is 0.300 e. The monoisotopic (exact) mass is 197 g/mol. The molecule has 0 spiro atoms. The Morgan fingerprint density at radius 2 is 2.14 bits per heavy atom. The lowest BCUT2D eigenvalue weighted by Crippen LogP contribution is -2.20. The van der Waals surface area contributed by atoms with Crippen molar-refractivity contribution in [2.24, 2.45) is 5.92 Å². The Kier molecular flexibility index (Phi) is 5.29. The molecule has 1 N–H and O–H groups in total. The highest BCUT2D eigenvalue weighted by Crippen LogP contribution is 2.18. The molecule has 0 aliphatic carbocycles. The van der Waals surface area contributed by atoms with E-state index in [9.17, 15) is 4.79 Å². The number of hydrogen-bond donors (Lipinski definition) is 1. The summed E-state index contributed by atoms with van der Waals surface area (Å²) in [4.78, 5) is 21.8. The molecule has 14 heavy (non-hydrogen) atoms. The van der Waals surface area contributed by atoms with Crippen molar-refractivity contribution in [3.05, 3.63) is 25.4 Å². The van der Waals surface area contributed by atoms with Crippen LogP contribution in [-0.4, -0.2) is 28.4 Å². The molecule has 1 atom stereocenters. The predicted molar refractivity (Wildman–Crippen MR) is 53.5 cm³/mol. The molecule has 1 heterocycles. The highest BCUT2D eigenvalue weighted by Gasteiger charge is 2.26. The van der Waals surface area contributed by atoms with Crippen molar-refractivity contribution in [3.8, 4) is 0 Å². The molecule has 1 aliphatic rings. The van der Waals surface area contributed by atoms with E-state index in [-0.39, 0.29) is 11.8 Å². The lowest BCUT2D eigenvalue weighted by atomic mass is 10.1. The first kappa shape index (κ1) is 12.4. The number of rotatable bonds is 2. The molecule has 1 saturated heterocycles. The van der Waals surface area contributed by atoms with Gasteiger partial charge in [-0.2, -0.15) is 0 Å². The van der Waals surface area contributed by atoms with Crippen molar-refractivity contribution >= 4 is 11.9 Å². The molecule has 0 aromatic rings. The number of carboxylic acids is 1. The molecule has 1 amide bonds. The lowest BCUT2D eigenvalue weighted by Gasteiger charge is -2.07. The summed E-state index contributed by atoms with van der Waals surface area (Å²) in [5.74, 6) is -0.678. The topological polar surface area (TPSA) is 57.6 Å². The van der Waals surface area contributed by atoms with Crippen LogP contribution in [0.2, 0.25) is 0 Å². The van der Waals surface area contributed by atoms with Crippen molar-refractivity contribution in [1.29, 1.82) is 0 Å². The molecule has 0 radical (unpaired) electrons. The van der Waals surface area contributed by atoms with Gasteiger partial charge >= 0.3 is 0 Å². The highest BCUT2D eigenvalue weighted by atomic mass is 16.4. The molecule has 0 saturated carbocycles. The van der Waals surface area contributed by atoms with Gasteiger partial charge in [0.05, 0.1) is 5.92 Å². The average molecular weight is 197 g/mol. The van der Waals surface area contributed by atoms with E-state index < -0.39 is 5.97 Å². The standard InChI is InChI=1S/C8H11NO.C2H4O2/c1-3-7-5-6-9(4-2)8(7)10;1-2(3)4/h3-4,7H,1-2,5-6H2;1H3,(H,3,4). The minimum Gasteiger partial charge on any atom is -0.481 e. The first-order chi connectivity index (χ1) is 6.52. The number of carbonyl (C=O) groups is 2. The van der Waals surface area contributed by atoms with Crippen molar-refractivity contribution in [2.45, 2.75) is 13.3 Å². The number of carboxylic acid groups (broad SMARTS) is 1. The van der Waals surface area contributed by atoms with Crippen LogP contribution in [0.4, 0.5) is 0 Å². The van der Waals surface area contributed by atoms with Crippen LogP contribution >= 0.6 is 0 Å². The van der Waals surface area contributed by atoms with Crippen LogP contribution in [0.25, 0.3) is 0 Å². The van der Waals surface area contributed by atoms with Gasteiger partial charge in [-0.05, 0) is 12.6 Å². The van der Waals surface area contributed by atoms with E-state index in [1.165, 1.54) is 0 Å². The minimum atomic E-state index is -0.833. The highest BCUT2D eigenvalue weighted by molar-refractivity contribution is 5.83. The molecule has 0 bridgehead atoms. The quantitative estimate of drug-likeness (QED) is 0.678. The summed E-state index contributed by atoms with van der Waals surface area (Å²) in [6, 6.07) is 0. The predicted octanol–water partition coefficient (Wildman–Crippen LogP) is 1.26. The van der Waals surface area contributed by atoms with E-state index in [0.717, 1.165) is 19.9 Å². The molecule has 0 aromatic heterocycles. The Bertz CT molecular complexity index is 226. The average Bonchev–Trinajstić information content (AvgIpc) is 2.45. The van der Waals surface area contributed by atoms with Gasteiger partial charge in [0.15, 0.2) is 0 Å². The van der Waals surface area contributed by atoms with E-state index in [1.807, 2.05) is 0 Å². The van der Waals surface area contributed by atoms with Crippen molar-refractivity contribution in [1.82, 2.24) is 4.90 Å². The fraction of sp³-hybridized carbons (Fsp3) is 0.400. The fourth-order valence-corrected chi connectivity index (χ4v) is 1.12. The Balaban J connectivity index is 0.000000364. The largest absolute Gasteiger partial charge is 0.481 e. The van der Waals surface area contributed by atoms with Crippen LogP contribution in [0.5, 0.6) is 0 Å². The Hall–Kier alpha value is -1.58. The third kappa shape index (κ3) is 3.89. The van der Waals surface area contributed by atoms with Gasteiger partial charge in [-0.15, -0.1) is 6.58 Å². The Morgan fingerprint density at radius 3 is 2.36 bits per heavy atom. The number of likely N-dealkylation sites (tertiary alicyclic amines) is 1. The second-order valence-electron chi connectivity index (χ2n) is 2.86. The van der Waals surface area contributed by atoms with Crippen molar-refractivity contribution in [2.75, 3.05) is 6.54 Å². The molecule has 1 aliphatic heterocycles. The molecule has 1 rings (SSSR count). The van der Waals surface area contributed by atoms with Gasteiger partial charge in [0, 0.05) is 13.5 Å². The molecule has 0 aromatic carbocycles. The Labute approximate surface area is 83.5 Å². The molecule has 4 nitrogen and oxygen atoms in total. The Morgan fingerprint density at radius 1 is 1.64 bits per heavy atom. The third-order valence-corrected chi connectivity index (χ3v) is 1.79.